The largest absolute Gasteiger partial charge is 0.459 e. The van der Waals surface area contributed by atoms with Gasteiger partial charge in [0.1, 0.15) is 19.4 Å². The Morgan fingerprint density at radius 1 is 0.725 bits per heavy atom. The molecule has 6 nitrogen and oxygen atoms in total. The number of esters is 1. The van der Waals surface area contributed by atoms with E-state index in [1.807, 2.05) is 31.2 Å². The summed E-state index contributed by atoms with van der Waals surface area (Å²) in [4.78, 5) is 16.8. The van der Waals surface area contributed by atoms with Crippen molar-refractivity contribution < 1.29 is 19.0 Å². The molecular formula is C34H57N2O4. The lowest BCUT2D eigenvalue weighted by molar-refractivity contribution is -0.0465. The Labute approximate surface area is 245 Å². The Kier molecular flexibility index (Phi) is 19.3. The molecule has 1 unspecified atom stereocenters. The maximum Gasteiger partial charge on any atom is 0.338 e. The quantitative estimate of drug-likeness (QED) is 0.0888. The number of nitrogens with zero attached hydrogens (tertiary/aromatic N) is 2. The zero-order valence-electron chi connectivity index (χ0n) is 25.8. The smallest absolute Gasteiger partial charge is 0.338 e. The number of hydrogen-bond acceptors (Lipinski definition) is 6. The second-order valence-electron chi connectivity index (χ2n) is 11.0. The van der Waals surface area contributed by atoms with Gasteiger partial charge in [0.25, 0.3) is 0 Å². The first-order valence-corrected chi connectivity index (χ1v) is 16.2. The van der Waals surface area contributed by atoms with Crippen LogP contribution in [0.15, 0.2) is 36.7 Å². The summed E-state index contributed by atoms with van der Waals surface area (Å²) in [6, 6.07) is 7.62. The van der Waals surface area contributed by atoms with Crippen LogP contribution in [0, 0.1) is 6.67 Å². The van der Waals surface area contributed by atoms with E-state index >= 15 is 0 Å². The van der Waals surface area contributed by atoms with Gasteiger partial charge in [-0.25, -0.2) is 4.79 Å². The van der Waals surface area contributed by atoms with Crippen LogP contribution < -0.4 is 0 Å². The number of hydrogen-bond donors (Lipinski definition) is 0. The predicted molar refractivity (Wildman–Crippen MR) is 165 cm³/mol. The average Bonchev–Trinajstić information content (AvgIpc) is 3.43. The first-order valence-electron chi connectivity index (χ1n) is 16.2. The highest BCUT2D eigenvalue weighted by atomic mass is 16.6. The summed E-state index contributed by atoms with van der Waals surface area (Å²) in [5, 5.41) is 0. The summed E-state index contributed by atoms with van der Waals surface area (Å²) >= 11 is 0. The molecule has 0 N–H and O–H groups in total. The van der Waals surface area contributed by atoms with E-state index in [1.165, 1.54) is 83.5 Å². The molecule has 1 aliphatic heterocycles. The topological polar surface area (TPSA) is 51.2 Å². The number of rotatable bonds is 25. The molecule has 227 valence electrons. The van der Waals surface area contributed by atoms with Gasteiger partial charge in [0, 0.05) is 38.7 Å². The van der Waals surface area contributed by atoms with E-state index in [4.69, 9.17) is 14.2 Å². The molecule has 1 radical (unpaired) electrons. The van der Waals surface area contributed by atoms with E-state index in [0.717, 1.165) is 31.7 Å². The highest BCUT2D eigenvalue weighted by Crippen LogP contribution is 2.16. The minimum atomic E-state index is -0.326. The Morgan fingerprint density at radius 2 is 1.30 bits per heavy atom. The standard InChI is InChI=1S/C34H57N2O4/c1-4-7-8-9-10-11-12-13-14-15-16-17-18-19-26-38-28-33(39-6-3)29-40-34(37)32-22-20-31(21-23-32)27-36-25-24-35(5-2)30-36/h20-25,30,33H,4-19,26-29H2,1-3H3. The van der Waals surface area contributed by atoms with Gasteiger partial charge in [0.2, 0.25) is 0 Å². The van der Waals surface area contributed by atoms with Gasteiger partial charge in [-0.05, 0) is 38.0 Å². The third-order valence-electron chi connectivity index (χ3n) is 7.41. The fraction of sp³-hybridized carbons (Fsp3) is 0.706. The van der Waals surface area contributed by atoms with Gasteiger partial charge in [0.05, 0.1) is 12.2 Å². The monoisotopic (exact) mass is 557 g/mol. The molecule has 1 aromatic rings. The SMILES string of the molecule is CCCCCCCCCCCCCCCCOCC(COC(=O)c1ccc(CN2[CH]N(CC)C=C2)cc1)OCC. The van der Waals surface area contributed by atoms with Crippen LogP contribution in [0.5, 0.6) is 0 Å². The molecule has 1 aromatic carbocycles. The summed E-state index contributed by atoms with van der Waals surface area (Å²) in [6.07, 6.45) is 22.8. The van der Waals surface area contributed by atoms with Crippen molar-refractivity contribution in [3.63, 3.8) is 0 Å². The maximum atomic E-state index is 12.6. The minimum Gasteiger partial charge on any atom is -0.459 e. The Hall–Kier alpha value is -2.05. The first kappa shape index (κ1) is 34.2. The molecule has 40 heavy (non-hydrogen) atoms. The summed E-state index contributed by atoms with van der Waals surface area (Å²) in [7, 11) is 0. The molecule has 1 atom stereocenters. The van der Waals surface area contributed by atoms with E-state index in [0.29, 0.717) is 18.8 Å². The lowest BCUT2D eigenvalue weighted by atomic mass is 10.0. The van der Waals surface area contributed by atoms with Crippen LogP contribution >= 0.6 is 0 Å². The number of carbonyl (C=O) groups is 1. The Bertz CT molecular complexity index is 783. The zero-order chi connectivity index (χ0) is 28.7. The van der Waals surface area contributed by atoms with Gasteiger partial charge in [-0.1, -0.05) is 103 Å². The normalized spacial score (nSPS) is 13.8. The van der Waals surface area contributed by atoms with Crippen LogP contribution in [0.4, 0.5) is 0 Å². The summed E-state index contributed by atoms with van der Waals surface area (Å²) in [5.41, 5.74) is 1.69. The molecule has 0 aromatic heterocycles. The molecule has 1 aliphatic rings. The van der Waals surface area contributed by atoms with E-state index in [9.17, 15) is 4.79 Å². The van der Waals surface area contributed by atoms with Crippen LogP contribution in [0.2, 0.25) is 0 Å². The van der Waals surface area contributed by atoms with Gasteiger partial charge in [0.15, 0.2) is 0 Å². The Balaban J connectivity index is 1.48. The minimum absolute atomic E-state index is 0.202. The van der Waals surface area contributed by atoms with Gasteiger partial charge in [-0.3, -0.25) is 0 Å². The average molecular weight is 558 g/mol. The molecule has 1 heterocycles. The van der Waals surface area contributed by atoms with Crippen LogP contribution in [0.25, 0.3) is 0 Å². The van der Waals surface area contributed by atoms with E-state index in [1.54, 1.807) is 0 Å². The molecule has 0 fully saturated rings. The van der Waals surface area contributed by atoms with Gasteiger partial charge < -0.3 is 24.0 Å². The van der Waals surface area contributed by atoms with Crippen LogP contribution in [0.1, 0.15) is 127 Å². The fourth-order valence-electron chi connectivity index (χ4n) is 4.92. The van der Waals surface area contributed by atoms with Gasteiger partial charge in [-0.2, -0.15) is 0 Å². The number of benzene rings is 1. The second-order valence-corrected chi connectivity index (χ2v) is 11.0. The lowest BCUT2D eigenvalue weighted by Gasteiger charge is -2.19. The Morgan fingerprint density at radius 3 is 1.85 bits per heavy atom. The van der Waals surface area contributed by atoms with Crippen LogP contribution in [-0.2, 0) is 20.8 Å². The third kappa shape index (κ3) is 15.7. The van der Waals surface area contributed by atoms with Gasteiger partial charge in [-0.15, -0.1) is 0 Å². The van der Waals surface area contributed by atoms with Crippen molar-refractivity contribution in [3.05, 3.63) is 54.5 Å². The van der Waals surface area contributed by atoms with E-state index < -0.39 is 0 Å². The molecule has 0 amide bonds. The maximum absolute atomic E-state index is 12.6. The summed E-state index contributed by atoms with van der Waals surface area (Å²) in [5.74, 6) is -0.326. The van der Waals surface area contributed by atoms with Crippen molar-refractivity contribution in [2.75, 3.05) is 33.0 Å². The van der Waals surface area contributed by atoms with Crippen LogP contribution in [0.3, 0.4) is 0 Å². The van der Waals surface area contributed by atoms with E-state index in [2.05, 4.69) is 42.7 Å². The molecule has 0 saturated carbocycles. The van der Waals surface area contributed by atoms with Crippen molar-refractivity contribution in [2.45, 2.75) is 123 Å². The third-order valence-corrected chi connectivity index (χ3v) is 7.41. The number of ether oxygens (including phenoxy) is 3. The first-order chi connectivity index (χ1) is 19.7. The molecule has 0 spiro atoms. The molecule has 0 bridgehead atoms. The van der Waals surface area contributed by atoms with Crippen molar-refractivity contribution in [1.29, 1.82) is 0 Å². The molecular weight excluding hydrogens is 500 g/mol. The lowest BCUT2D eigenvalue weighted by Crippen LogP contribution is -2.27. The molecule has 2 rings (SSSR count). The van der Waals surface area contributed by atoms with E-state index in [-0.39, 0.29) is 18.7 Å². The summed E-state index contributed by atoms with van der Waals surface area (Å²) < 4.78 is 17.1. The van der Waals surface area contributed by atoms with Gasteiger partial charge >= 0.3 is 5.97 Å². The molecule has 0 saturated heterocycles. The van der Waals surface area contributed by atoms with Crippen molar-refractivity contribution in [2.24, 2.45) is 0 Å². The van der Waals surface area contributed by atoms with Crippen molar-refractivity contribution >= 4 is 5.97 Å². The summed E-state index contributed by atoms with van der Waals surface area (Å²) in [6.45, 7) is 12.1. The predicted octanol–water partition coefficient (Wildman–Crippen LogP) is 8.47. The molecule has 6 heteroatoms. The second kappa shape index (κ2) is 22.6. The number of carbonyl (C=O) groups excluding carboxylic acids is 1. The highest BCUT2D eigenvalue weighted by Gasteiger charge is 2.15. The van der Waals surface area contributed by atoms with Crippen molar-refractivity contribution in [1.82, 2.24) is 9.80 Å². The zero-order valence-corrected chi connectivity index (χ0v) is 25.8. The fourth-order valence-corrected chi connectivity index (χ4v) is 4.92. The van der Waals surface area contributed by atoms with Crippen LogP contribution in [-0.4, -0.2) is 54.8 Å². The highest BCUT2D eigenvalue weighted by molar-refractivity contribution is 5.89. The number of unbranched alkanes of at least 4 members (excludes halogenated alkanes) is 13. The molecule has 0 aliphatic carbocycles. The van der Waals surface area contributed by atoms with Crippen molar-refractivity contribution in [3.8, 4) is 0 Å².